The highest BCUT2D eigenvalue weighted by atomic mass is 35.5. The van der Waals surface area contributed by atoms with Crippen LogP contribution in [0.25, 0.3) is 0 Å². The van der Waals surface area contributed by atoms with E-state index < -0.39 is 16.4 Å². The van der Waals surface area contributed by atoms with Crippen LogP contribution in [0.4, 0.5) is 11.4 Å². The molecule has 8 nitrogen and oxygen atoms in total. The maximum atomic E-state index is 12.5. The monoisotopic (exact) mass is 415 g/mol. The zero-order valence-electron chi connectivity index (χ0n) is 14.4. The number of nitro groups is 1. The zero-order valence-corrected chi connectivity index (χ0v) is 16.0. The average molecular weight is 416 g/mol. The van der Waals surface area contributed by atoms with Crippen molar-refractivity contribution in [1.82, 2.24) is 5.32 Å². The van der Waals surface area contributed by atoms with Gasteiger partial charge in [-0.2, -0.15) is 0 Å². The normalized spacial score (nSPS) is 9.93. The molecule has 146 valence electrons. The predicted molar refractivity (Wildman–Crippen MR) is 105 cm³/mol. The number of nitrogens with one attached hydrogen (secondary N) is 1. The van der Waals surface area contributed by atoms with Gasteiger partial charge in [-0.15, -0.1) is 0 Å². The highest BCUT2D eigenvalue weighted by molar-refractivity contribution is 6.33. The number of nitrogen functional groups attached to an aromatic ring is 1. The molecule has 0 spiro atoms. The van der Waals surface area contributed by atoms with Gasteiger partial charge in [0.25, 0.3) is 5.69 Å². The Morgan fingerprint density at radius 2 is 2.00 bits per heavy atom. The number of hydrogen-bond acceptors (Lipinski definition) is 7. The minimum atomic E-state index is -0.706. The Hall–Kier alpha value is -2.39. The fraction of sp³-hybridized carbons (Fsp3) is 0.235. The van der Waals surface area contributed by atoms with E-state index in [9.17, 15) is 14.9 Å². The van der Waals surface area contributed by atoms with Gasteiger partial charge in [-0.3, -0.25) is 14.9 Å². The summed E-state index contributed by atoms with van der Waals surface area (Å²) in [6.07, 6.45) is 0. The predicted octanol–water partition coefficient (Wildman–Crippen LogP) is 3.18. The second-order valence-corrected chi connectivity index (χ2v) is 5.69. The number of nitrogens with two attached hydrogens (primary N) is 1. The Labute approximate surface area is 166 Å². The van der Waals surface area contributed by atoms with Crippen molar-refractivity contribution in [3.8, 4) is 5.75 Å². The maximum Gasteiger partial charge on any atom is 0.282 e. The lowest BCUT2D eigenvalue weighted by atomic mass is 10.0. The van der Waals surface area contributed by atoms with E-state index in [-0.39, 0.29) is 34.2 Å². The first-order valence-electron chi connectivity index (χ1n) is 7.84. The number of para-hydroxylation sites is 1. The quantitative estimate of drug-likeness (QED) is 0.208. The molecule has 0 fully saturated rings. The van der Waals surface area contributed by atoms with Crippen molar-refractivity contribution in [3.05, 3.63) is 62.7 Å². The molecule has 2 aromatic rings. The zero-order chi connectivity index (χ0) is 20.4. The van der Waals surface area contributed by atoms with Gasteiger partial charge in [0, 0.05) is 12.6 Å². The van der Waals surface area contributed by atoms with E-state index in [0.717, 1.165) is 25.2 Å². The molecule has 2 aromatic carbocycles. The highest BCUT2D eigenvalue weighted by Crippen LogP contribution is 2.32. The molecule has 0 atom stereocenters. The lowest BCUT2D eigenvalue weighted by Crippen LogP contribution is -2.16. The average Bonchev–Trinajstić information content (AvgIpc) is 2.67. The molecule has 27 heavy (non-hydrogen) atoms. The molecule has 0 aliphatic carbocycles. The SMILES string of the molecule is CCNCCO.Nc1cc(C(=O)c2ccccc2OCl)c([N+](=O)[O-])cc1Cl. The number of hydrogen-bond donors (Lipinski definition) is 3. The number of ketones is 1. The first-order valence-corrected chi connectivity index (χ1v) is 8.53. The van der Waals surface area contributed by atoms with E-state index in [0.29, 0.717) is 0 Å². The van der Waals surface area contributed by atoms with Crippen LogP contribution in [-0.2, 0) is 0 Å². The van der Waals surface area contributed by atoms with Crippen LogP contribution in [0, 0.1) is 10.1 Å². The largest absolute Gasteiger partial charge is 0.397 e. The minimum absolute atomic E-state index is 0.000119. The third-order valence-corrected chi connectivity index (χ3v) is 3.80. The number of carbonyl (C=O) groups is 1. The molecule has 0 unspecified atom stereocenters. The van der Waals surface area contributed by atoms with Gasteiger partial charge in [0.1, 0.15) is 17.4 Å². The minimum Gasteiger partial charge on any atom is -0.397 e. The van der Waals surface area contributed by atoms with E-state index in [1.165, 1.54) is 12.1 Å². The third-order valence-electron chi connectivity index (χ3n) is 3.31. The molecular formula is C17H19Cl2N3O5. The molecule has 10 heteroatoms. The number of carbonyl (C=O) groups excluding carboxylic acids is 1. The number of aliphatic hydroxyl groups is 1. The number of aliphatic hydroxyl groups excluding tert-OH is 1. The van der Waals surface area contributed by atoms with Crippen LogP contribution in [-0.4, -0.2) is 35.5 Å². The maximum absolute atomic E-state index is 12.5. The van der Waals surface area contributed by atoms with Crippen LogP contribution in [0.3, 0.4) is 0 Å². The fourth-order valence-corrected chi connectivity index (χ4v) is 2.33. The molecule has 2 rings (SSSR count). The van der Waals surface area contributed by atoms with Crippen LogP contribution < -0.4 is 15.3 Å². The van der Waals surface area contributed by atoms with E-state index in [1.54, 1.807) is 12.1 Å². The third kappa shape index (κ3) is 6.37. The Kier molecular flexibility index (Phi) is 9.52. The summed E-state index contributed by atoms with van der Waals surface area (Å²) in [6, 6.07) is 8.29. The summed E-state index contributed by atoms with van der Waals surface area (Å²) in [4.78, 5) is 22.8. The summed E-state index contributed by atoms with van der Waals surface area (Å²) in [5.74, 6) is -0.548. The van der Waals surface area contributed by atoms with Crippen molar-refractivity contribution in [3.63, 3.8) is 0 Å². The molecule has 0 saturated heterocycles. The van der Waals surface area contributed by atoms with Crippen molar-refractivity contribution in [2.24, 2.45) is 0 Å². The second-order valence-electron chi connectivity index (χ2n) is 5.13. The van der Waals surface area contributed by atoms with Gasteiger partial charge in [-0.1, -0.05) is 30.7 Å². The van der Waals surface area contributed by atoms with Crippen molar-refractivity contribution in [1.29, 1.82) is 0 Å². The Morgan fingerprint density at radius 1 is 1.33 bits per heavy atom. The van der Waals surface area contributed by atoms with Gasteiger partial charge in [0.05, 0.1) is 27.8 Å². The van der Waals surface area contributed by atoms with Crippen molar-refractivity contribution >= 4 is 40.6 Å². The van der Waals surface area contributed by atoms with Crippen molar-refractivity contribution in [2.45, 2.75) is 6.92 Å². The Morgan fingerprint density at radius 3 is 2.52 bits per heavy atom. The summed E-state index contributed by atoms with van der Waals surface area (Å²) in [7, 11) is 0. The lowest BCUT2D eigenvalue weighted by Gasteiger charge is -2.07. The van der Waals surface area contributed by atoms with Gasteiger partial charge in [0.2, 0.25) is 5.78 Å². The Balaban J connectivity index is 0.000000527. The first-order chi connectivity index (χ1) is 12.9. The van der Waals surface area contributed by atoms with Gasteiger partial charge >= 0.3 is 0 Å². The molecule has 0 aliphatic heterocycles. The van der Waals surface area contributed by atoms with Gasteiger partial charge in [-0.05, 0) is 24.7 Å². The van der Waals surface area contributed by atoms with E-state index in [4.69, 9.17) is 34.3 Å². The van der Waals surface area contributed by atoms with Crippen molar-refractivity contribution < 1.29 is 19.1 Å². The summed E-state index contributed by atoms with van der Waals surface area (Å²) >= 11 is 11.0. The van der Waals surface area contributed by atoms with Gasteiger partial charge in [0.15, 0.2) is 5.75 Å². The fourth-order valence-electron chi connectivity index (χ4n) is 2.03. The number of benzene rings is 2. The number of nitro benzene ring substituents is 1. The van der Waals surface area contributed by atoms with Gasteiger partial charge in [-0.25, -0.2) is 0 Å². The van der Waals surface area contributed by atoms with E-state index >= 15 is 0 Å². The molecule has 0 aromatic heterocycles. The number of likely N-dealkylation sites (N-methyl/N-ethyl adjacent to an activating group) is 1. The van der Waals surface area contributed by atoms with Crippen molar-refractivity contribution in [2.75, 3.05) is 25.4 Å². The van der Waals surface area contributed by atoms with E-state index in [1.807, 2.05) is 6.92 Å². The standard InChI is InChI=1S/C13H8Cl2N2O4.C4H11NO/c14-9-6-11(17(19)20)8(5-10(9)16)13(18)7-3-1-2-4-12(7)21-15;1-2-5-3-4-6/h1-6H,16H2;5-6H,2-4H2,1H3. The van der Waals surface area contributed by atoms with Crippen LogP contribution in [0.5, 0.6) is 5.75 Å². The molecule has 0 radical (unpaired) electrons. The molecule has 0 saturated carbocycles. The molecule has 0 heterocycles. The van der Waals surface area contributed by atoms with E-state index in [2.05, 4.69) is 9.61 Å². The molecular weight excluding hydrogens is 397 g/mol. The number of anilines is 1. The molecule has 0 bridgehead atoms. The topological polar surface area (TPSA) is 128 Å². The molecule has 0 aliphatic rings. The smallest absolute Gasteiger partial charge is 0.282 e. The summed E-state index contributed by atoms with van der Waals surface area (Å²) in [6.45, 7) is 3.92. The number of halogens is 2. The second kappa shape index (κ2) is 11.3. The number of nitrogens with zero attached hydrogens (tertiary/aromatic N) is 1. The molecule has 0 amide bonds. The highest BCUT2D eigenvalue weighted by Gasteiger charge is 2.25. The summed E-state index contributed by atoms with van der Waals surface area (Å²) in [5, 5.41) is 22.2. The van der Waals surface area contributed by atoms with Crippen LogP contribution in [0.1, 0.15) is 22.8 Å². The first kappa shape index (κ1) is 22.7. The van der Waals surface area contributed by atoms with Crippen LogP contribution in [0.2, 0.25) is 5.02 Å². The van der Waals surface area contributed by atoms with Crippen LogP contribution in [0.15, 0.2) is 36.4 Å². The summed E-state index contributed by atoms with van der Waals surface area (Å²) < 4.78 is 4.57. The lowest BCUT2D eigenvalue weighted by molar-refractivity contribution is -0.385. The van der Waals surface area contributed by atoms with Gasteiger partial charge < -0.3 is 20.4 Å². The summed E-state index contributed by atoms with van der Waals surface area (Å²) in [5.41, 5.74) is 5.12. The molecule has 4 N–H and O–H groups in total. The van der Waals surface area contributed by atoms with Crippen LogP contribution >= 0.6 is 23.5 Å². The number of rotatable bonds is 7. The Bertz CT molecular complexity index is 798.